The van der Waals surface area contributed by atoms with E-state index < -0.39 is 0 Å². The second kappa shape index (κ2) is 2.62. The largest absolute Gasteiger partial charge is 0.309 e. The number of hydrogen-bond donors (Lipinski definition) is 0. The minimum atomic E-state index is 0.0845. The lowest BCUT2D eigenvalue weighted by Gasteiger charge is -2.56. The molecule has 0 spiro atoms. The van der Waals surface area contributed by atoms with E-state index in [9.17, 15) is 0 Å². The fourth-order valence-electron chi connectivity index (χ4n) is 3.04. The van der Waals surface area contributed by atoms with Crippen LogP contribution in [0.25, 0.3) is 0 Å². The van der Waals surface area contributed by atoms with Crippen LogP contribution in [0.4, 0.5) is 0 Å². The van der Waals surface area contributed by atoms with E-state index in [2.05, 4.69) is 14.1 Å². The fourth-order valence-corrected chi connectivity index (χ4v) is 3.44. The van der Waals surface area contributed by atoms with Crippen LogP contribution in [0.5, 0.6) is 0 Å². The maximum Gasteiger partial charge on any atom is 0.174 e. The molecule has 2 rings (SSSR count). The van der Waals surface area contributed by atoms with Crippen molar-refractivity contribution in [1.82, 2.24) is 0 Å². The molecule has 0 amide bonds. The zero-order valence-corrected chi connectivity index (χ0v) is 8.90. The van der Waals surface area contributed by atoms with Crippen LogP contribution in [-0.4, -0.2) is 29.6 Å². The smallest absolute Gasteiger partial charge is 0.174 e. The molecular formula is C10H19ClN+. The van der Waals surface area contributed by atoms with Gasteiger partial charge in [-0.05, 0) is 25.7 Å². The van der Waals surface area contributed by atoms with Gasteiger partial charge in [0.15, 0.2) is 5.00 Å². The van der Waals surface area contributed by atoms with Gasteiger partial charge in [0.1, 0.15) is 0 Å². The van der Waals surface area contributed by atoms with Crippen molar-refractivity contribution in [3.63, 3.8) is 0 Å². The van der Waals surface area contributed by atoms with E-state index in [4.69, 9.17) is 11.6 Å². The van der Waals surface area contributed by atoms with Gasteiger partial charge >= 0.3 is 0 Å². The molecule has 70 valence electrons. The molecule has 2 saturated heterocycles. The topological polar surface area (TPSA) is 0 Å². The Labute approximate surface area is 80.3 Å². The van der Waals surface area contributed by atoms with Gasteiger partial charge in [-0.1, -0.05) is 11.6 Å². The van der Waals surface area contributed by atoms with Crippen molar-refractivity contribution in [2.45, 2.75) is 49.6 Å². The number of piperidine rings is 2. The standard InChI is InChI=1S/C10H19ClN/c1-12(2)9-5-3-7-10(12,11)8-4-6-9/h9H,3-8H2,1-2H3/q+1. The molecule has 0 atom stereocenters. The normalized spacial score (nSPS) is 45.8. The summed E-state index contributed by atoms with van der Waals surface area (Å²) >= 11 is 6.67. The molecule has 0 radical (unpaired) electrons. The number of quaternary nitrogens is 1. The molecule has 0 aromatic carbocycles. The van der Waals surface area contributed by atoms with Gasteiger partial charge in [0, 0.05) is 12.8 Å². The zero-order valence-electron chi connectivity index (χ0n) is 8.15. The maximum atomic E-state index is 6.67. The molecule has 0 unspecified atom stereocenters. The van der Waals surface area contributed by atoms with E-state index in [0.29, 0.717) is 0 Å². The minimum absolute atomic E-state index is 0.0845. The molecule has 12 heavy (non-hydrogen) atoms. The van der Waals surface area contributed by atoms with E-state index in [-0.39, 0.29) is 5.00 Å². The van der Waals surface area contributed by atoms with E-state index in [1.807, 2.05) is 0 Å². The van der Waals surface area contributed by atoms with Crippen LogP contribution in [0.15, 0.2) is 0 Å². The van der Waals surface area contributed by atoms with Gasteiger partial charge in [-0.15, -0.1) is 0 Å². The van der Waals surface area contributed by atoms with Crippen molar-refractivity contribution >= 4 is 11.6 Å². The summed E-state index contributed by atoms with van der Waals surface area (Å²) in [6, 6.07) is 0.838. The number of rotatable bonds is 0. The lowest BCUT2D eigenvalue weighted by molar-refractivity contribution is -0.961. The van der Waals surface area contributed by atoms with Crippen LogP contribution in [0.3, 0.4) is 0 Å². The highest BCUT2D eigenvalue weighted by Crippen LogP contribution is 2.47. The van der Waals surface area contributed by atoms with Gasteiger partial charge in [0.05, 0.1) is 20.1 Å². The third-order valence-electron chi connectivity index (χ3n) is 4.14. The van der Waals surface area contributed by atoms with Crippen LogP contribution in [0.2, 0.25) is 0 Å². The molecule has 0 aromatic rings. The highest BCUT2D eigenvalue weighted by molar-refractivity contribution is 6.22. The van der Waals surface area contributed by atoms with Gasteiger partial charge < -0.3 is 4.48 Å². The summed E-state index contributed by atoms with van der Waals surface area (Å²) in [6.45, 7) is 0. The first-order valence-electron chi connectivity index (χ1n) is 5.09. The molecule has 2 fully saturated rings. The van der Waals surface area contributed by atoms with Gasteiger partial charge in [-0.2, -0.15) is 0 Å². The summed E-state index contributed by atoms with van der Waals surface area (Å²) in [4.78, 5) is 0.0845. The second-order valence-corrected chi connectivity index (χ2v) is 5.60. The Bertz CT molecular complexity index is 176. The van der Waals surface area contributed by atoms with Crippen LogP contribution in [-0.2, 0) is 0 Å². The molecular weight excluding hydrogens is 170 g/mol. The quantitative estimate of drug-likeness (QED) is 0.312. The van der Waals surface area contributed by atoms with E-state index in [1.54, 1.807) is 0 Å². The number of halogens is 1. The summed E-state index contributed by atoms with van der Waals surface area (Å²) in [5.74, 6) is 0. The monoisotopic (exact) mass is 188 g/mol. The van der Waals surface area contributed by atoms with Crippen LogP contribution < -0.4 is 0 Å². The first-order chi connectivity index (χ1) is 5.56. The van der Waals surface area contributed by atoms with E-state index in [0.717, 1.165) is 10.5 Å². The lowest BCUT2D eigenvalue weighted by atomic mass is 9.82. The van der Waals surface area contributed by atoms with Crippen molar-refractivity contribution in [2.75, 3.05) is 14.1 Å². The Morgan fingerprint density at radius 3 is 2.00 bits per heavy atom. The molecule has 0 aliphatic carbocycles. The molecule has 0 N–H and O–H groups in total. The highest BCUT2D eigenvalue weighted by atomic mass is 35.5. The summed E-state index contributed by atoms with van der Waals surface area (Å²) in [5.41, 5.74) is 0. The Morgan fingerprint density at radius 1 is 1.17 bits per heavy atom. The SMILES string of the molecule is C[N+]1(C)C2CCCC1(Cl)CCC2. The van der Waals surface area contributed by atoms with Crippen LogP contribution in [0.1, 0.15) is 38.5 Å². The highest BCUT2D eigenvalue weighted by Gasteiger charge is 2.53. The third-order valence-corrected chi connectivity index (χ3v) is 4.95. The summed E-state index contributed by atoms with van der Waals surface area (Å²) < 4.78 is 1.06. The fraction of sp³-hybridized carbons (Fsp3) is 1.00. The molecule has 1 nitrogen and oxygen atoms in total. The summed E-state index contributed by atoms with van der Waals surface area (Å²) in [7, 11) is 4.63. The molecule has 2 heteroatoms. The Balaban J connectivity index is 2.29. The maximum absolute atomic E-state index is 6.67. The lowest BCUT2D eigenvalue weighted by Crippen LogP contribution is -2.66. The molecule has 2 bridgehead atoms. The van der Waals surface area contributed by atoms with Crippen molar-refractivity contribution < 1.29 is 4.48 Å². The number of nitrogens with zero attached hydrogens (tertiary/aromatic N) is 1. The van der Waals surface area contributed by atoms with Crippen LogP contribution in [0, 0.1) is 0 Å². The van der Waals surface area contributed by atoms with Crippen LogP contribution >= 0.6 is 11.6 Å². The predicted molar refractivity (Wildman–Crippen MR) is 52.2 cm³/mol. The summed E-state index contributed by atoms with van der Waals surface area (Å²) in [5, 5.41) is 0. The average Bonchev–Trinajstić information content (AvgIpc) is 1.93. The van der Waals surface area contributed by atoms with Gasteiger partial charge in [-0.3, -0.25) is 0 Å². The predicted octanol–water partition coefficient (Wildman–Crippen LogP) is 2.73. The molecule has 2 aliphatic rings. The molecule has 0 aromatic heterocycles. The first-order valence-corrected chi connectivity index (χ1v) is 5.47. The Morgan fingerprint density at radius 2 is 1.67 bits per heavy atom. The van der Waals surface area contributed by atoms with Crippen molar-refractivity contribution in [3.8, 4) is 0 Å². The van der Waals surface area contributed by atoms with Gasteiger partial charge in [-0.25, -0.2) is 0 Å². The average molecular weight is 189 g/mol. The number of hydrogen-bond acceptors (Lipinski definition) is 0. The Hall–Kier alpha value is 0.250. The third kappa shape index (κ3) is 1.03. The van der Waals surface area contributed by atoms with Crippen molar-refractivity contribution in [1.29, 1.82) is 0 Å². The zero-order chi connectivity index (χ0) is 8.82. The van der Waals surface area contributed by atoms with Crippen molar-refractivity contribution in [2.24, 2.45) is 0 Å². The number of fused-ring (bicyclic) bond motifs is 2. The van der Waals surface area contributed by atoms with E-state index in [1.165, 1.54) is 38.5 Å². The molecule has 2 aliphatic heterocycles. The molecule has 0 saturated carbocycles. The van der Waals surface area contributed by atoms with E-state index >= 15 is 0 Å². The molecule has 2 heterocycles. The minimum Gasteiger partial charge on any atom is -0.309 e. The summed E-state index contributed by atoms with van der Waals surface area (Å²) in [6.07, 6.45) is 7.91. The van der Waals surface area contributed by atoms with Gasteiger partial charge in [0.2, 0.25) is 0 Å². The Kier molecular flexibility index (Phi) is 1.93. The second-order valence-electron chi connectivity index (χ2n) is 4.90. The number of alkyl halides is 1. The first kappa shape index (κ1) is 8.83. The van der Waals surface area contributed by atoms with Crippen molar-refractivity contribution in [3.05, 3.63) is 0 Å². The van der Waals surface area contributed by atoms with Gasteiger partial charge in [0.25, 0.3) is 0 Å².